The Hall–Kier alpha value is -3.69. The van der Waals surface area contributed by atoms with Crippen molar-refractivity contribution in [2.75, 3.05) is 30.3 Å². The van der Waals surface area contributed by atoms with E-state index in [9.17, 15) is 18.0 Å². The lowest BCUT2D eigenvalue weighted by Crippen LogP contribution is -2.27. The summed E-state index contributed by atoms with van der Waals surface area (Å²) in [5.41, 5.74) is 2.66. The SMILES string of the molecule is COCCCNC(=O)c1ccccc1NC(=O)c1cccc(NS(=O)(=O)c2ccc(C)cc2)c1C. The molecule has 184 valence electrons. The Kier molecular flexibility index (Phi) is 8.62. The zero-order valence-electron chi connectivity index (χ0n) is 19.9. The fourth-order valence-electron chi connectivity index (χ4n) is 3.41. The number of rotatable bonds is 10. The molecule has 0 aliphatic carbocycles. The van der Waals surface area contributed by atoms with E-state index in [1.807, 2.05) is 6.92 Å². The van der Waals surface area contributed by atoms with Gasteiger partial charge in [-0.15, -0.1) is 0 Å². The van der Waals surface area contributed by atoms with Gasteiger partial charge in [0.2, 0.25) is 0 Å². The van der Waals surface area contributed by atoms with Gasteiger partial charge >= 0.3 is 0 Å². The van der Waals surface area contributed by atoms with Crippen LogP contribution in [0.1, 0.15) is 38.3 Å². The molecule has 8 nitrogen and oxygen atoms in total. The van der Waals surface area contributed by atoms with Crippen LogP contribution < -0.4 is 15.4 Å². The van der Waals surface area contributed by atoms with Gasteiger partial charge in [0, 0.05) is 25.8 Å². The Morgan fingerprint density at radius 1 is 0.829 bits per heavy atom. The van der Waals surface area contributed by atoms with Gasteiger partial charge in [0.1, 0.15) is 0 Å². The molecule has 0 aliphatic heterocycles. The first-order valence-corrected chi connectivity index (χ1v) is 12.6. The molecule has 0 bridgehead atoms. The van der Waals surface area contributed by atoms with Crippen molar-refractivity contribution in [2.45, 2.75) is 25.2 Å². The summed E-state index contributed by atoms with van der Waals surface area (Å²) in [6, 6.07) is 18.0. The van der Waals surface area contributed by atoms with Crippen LogP contribution in [0, 0.1) is 13.8 Å². The number of carbonyl (C=O) groups is 2. The molecule has 0 aliphatic rings. The molecule has 0 radical (unpaired) electrons. The van der Waals surface area contributed by atoms with Crippen LogP contribution in [-0.4, -0.2) is 40.5 Å². The maximum atomic E-state index is 13.1. The second-order valence-electron chi connectivity index (χ2n) is 8.00. The molecular formula is C26H29N3O5S. The number of hydrogen-bond donors (Lipinski definition) is 3. The third-order valence-electron chi connectivity index (χ3n) is 5.38. The maximum absolute atomic E-state index is 13.1. The van der Waals surface area contributed by atoms with Gasteiger partial charge in [-0.2, -0.15) is 0 Å². The van der Waals surface area contributed by atoms with Gasteiger partial charge < -0.3 is 15.4 Å². The van der Waals surface area contributed by atoms with E-state index in [1.165, 1.54) is 12.1 Å². The number of aryl methyl sites for hydroxylation is 1. The first-order valence-electron chi connectivity index (χ1n) is 11.1. The van der Waals surface area contributed by atoms with E-state index < -0.39 is 15.9 Å². The summed E-state index contributed by atoms with van der Waals surface area (Å²) in [6.07, 6.45) is 0.668. The van der Waals surface area contributed by atoms with Crippen LogP contribution in [-0.2, 0) is 14.8 Å². The summed E-state index contributed by atoms with van der Waals surface area (Å²) in [6.45, 7) is 4.51. The molecule has 0 heterocycles. The molecule has 0 saturated carbocycles. The summed E-state index contributed by atoms with van der Waals surface area (Å²) < 4.78 is 33.2. The van der Waals surface area contributed by atoms with Crippen molar-refractivity contribution in [1.82, 2.24) is 5.32 Å². The molecule has 0 saturated heterocycles. The number of benzene rings is 3. The molecule has 9 heteroatoms. The number of amides is 2. The Labute approximate surface area is 205 Å². The minimum absolute atomic E-state index is 0.128. The van der Waals surface area contributed by atoms with E-state index in [1.54, 1.807) is 68.6 Å². The lowest BCUT2D eigenvalue weighted by atomic mass is 10.1. The van der Waals surface area contributed by atoms with Crippen molar-refractivity contribution < 1.29 is 22.7 Å². The largest absolute Gasteiger partial charge is 0.385 e. The summed E-state index contributed by atoms with van der Waals surface area (Å²) in [7, 11) is -2.23. The quantitative estimate of drug-likeness (QED) is 0.366. The third kappa shape index (κ3) is 6.68. The zero-order valence-corrected chi connectivity index (χ0v) is 20.7. The van der Waals surface area contributed by atoms with Crippen molar-refractivity contribution in [3.05, 3.63) is 89.0 Å². The number of sulfonamides is 1. The van der Waals surface area contributed by atoms with Gasteiger partial charge in [-0.1, -0.05) is 35.9 Å². The van der Waals surface area contributed by atoms with Crippen molar-refractivity contribution in [1.29, 1.82) is 0 Å². The normalized spacial score (nSPS) is 11.1. The monoisotopic (exact) mass is 495 g/mol. The second-order valence-corrected chi connectivity index (χ2v) is 9.68. The lowest BCUT2D eigenvalue weighted by Gasteiger charge is -2.15. The Morgan fingerprint density at radius 3 is 2.20 bits per heavy atom. The molecule has 0 fully saturated rings. The number of nitrogens with one attached hydrogen (secondary N) is 3. The smallest absolute Gasteiger partial charge is 0.261 e. The van der Waals surface area contributed by atoms with Crippen LogP contribution in [0.15, 0.2) is 71.6 Å². The molecule has 3 aromatic carbocycles. The van der Waals surface area contributed by atoms with Crippen LogP contribution in [0.3, 0.4) is 0 Å². The molecule has 0 spiro atoms. The lowest BCUT2D eigenvalue weighted by molar-refractivity contribution is 0.0949. The highest BCUT2D eigenvalue weighted by Gasteiger charge is 2.19. The van der Waals surface area contributed by atoms with Crippen molar-refractivity contribution in [2.24, 2.45) is 0 Å². The number of para-hydroxylation sites is 1. The average Bonchev–Trinajstić information content (AvgIpc) is 2.83. The van der Waals surface area contributed by atoms with Crippen molar-refractivity contribution >= 4 is 33.2 Å². The summed E-state index contributed by atoms with van der Waals surface area (Å²) in [5.74, 6) is -0.771. The molecule has 3 aromatic rings. The van der Waals surface area contributed by atoms with Crippen LogP contribution in [0.25, 0.3) is 0 Å². The highest BCUT2D eigenvalue weighted by Crippen LogP contribution is 2.24. The van der Waals surface area contributed by atoms with E-state index in [4.69, 9.17) is 4.74 Å². The van der Waals surface area contributed by atoms with E-state index in [-0.39, 0.29) is 16.4 Å². The molecule has 35 heavy (non-hydrogen) atoms. The standard InChI is InChI=1S/C26H29N3O5S/c1-18-12-14-20(15-13-18)35(32,33)29-23-11-6-9-21(19(23)2)26(31)28-24-10-5-4-8-22(24)25(30)27-16-7-17-34-3/h4-6,8-15,29H,7,16-17H2,1-3H3,(H,27,30)(H,28,31). The molecule has 3 N–H and O–H groups in total. The fourth-order valence-corrected chi connectivity index (χ4v) is 4.53. The van der Waals surface area contributed by atoms with Crippen molar-refractivity contribution in [3.8, 4) is 0 Å². The molecular weight excluding hydrogens is 466 g/mol. The fraction of sp³-hybridized carbons (Fsp3) is 0.231. The second kappa shape index (κ2) is 11.6. The highest BCUT2D eigenvalue weighted by atomic mass is 32.2. The summed E-state index contributed by atoms with van der Waals surface area (Å²) >= 11 is 0. The average molecular weight is 496 g/mol. The number of hydrogen-bond acceptors (Lipinski definition) is 5. The Balaban J connectivity index is 1.79. The van der Waals surface area contributed by atoms with Crippen molar-refractivity contribution in [3.63, 3.8) is 0 Å². The van der Waals surface area contributed by atoms with E-state index in [0.29, 0.717) is 42.1 Å². The first kappa shape index (κ1) is 25.9. The molecule has 3 rings (SSSR count). The third-order valence-corrected chi connectivity index (χ3v) is 6.77. The number of ether oxygens (including phenoxy) is 1. The highest BCUT2D eigenvalue weighted by molar-refractivity contribution is 7.92. The summed E-state index contributed by atoms with van der Waals surface area (Å²) in [5, 5.41) is 5.58. The molecule has 0 aromatic heterocycles. The van der Waals surface area contributed by atoms with Crippen LogP contribution in [0.5, 0.6) is 0 Å². The molecule has 0 atom stereocenters. The van der Waals surface area contributed by atoms with Crippen LogP contribution in [0.4, 0.5) is 11.4 Å². The van der Waals surface area contributed by atoms with Crippen LogP contribution in [0.2, 0.25) is 0 Å². The minimum Gasteiger partial charge on any atom is -0.385 e. The predicted molar refractivity (Wildman–Crippen MR) is 136 cm³/mol. The maximum Gasteiger partial charge on any atom is 0.261 e. The van der Waals surface area contributed by atoms with Gasteiger partial charge in [-0.05, 0) is 62.2 Å². The molecule has 0 unspecified atom stereocenters. The Morgan fingerprint density at radius 2 is 1.49 bits per heavy atom. The van der Waals surface area contributed by atoms with Gasteiger partial charge in [0.05, 0.1) is 21.8 Å². The molecule has 2 amide bonds. The van der Waals surface area contributed by atoms with Crippen LogP contribution >= 0.6 is 0 Å². The summed E-state index contributed by atoms with van der Waals surface area (Å²) in [4.78, 5) is 25.8. The van der Waals surface area contributed by atoms with Gasteiger partial charge in [0.25, 0.3) is 21.8 Å². The number of anilines is 2. The first-order chi connectivity index (χ1) is 16.7. The number of carbonyl (C=O) groups excluding carboxylic acids is 2. The Bertz CT molecular complexity index is 1300. The van der Waals surface area contributed by atoms with Gasteiger partial charge in [0.15, 0.2) is 0 Å². The van der Waals surface area contributed by atoms with E-state index in [0.717, 1.165) is 5.56 Å². The van der Waals surface area contributed by atoms with Gasteiger partial charge in [-0.3, -0.25) is 14.3 Å². The predicted octanol–water partition coefficient (Wildman–Crippen LogP) is 4.12. The minimum atomic E-state index is -3.83. The van der Waals surface area contributed by atoms with Gasteiger partial charge in [-0.25, -0.2) is 8.42 Å². The van der Waals surface area contributed by atoms with E-state index >= 15 is 0 Å². The topological polar surface area (TPSA) is 114 Å². The zero-order chi connectivity index (χ0) is 25.4. The number of methoxy groups -OCH3 is 1. The van der Waals surface area contributed by atoms with E-state index in [2.05, 4.69) is 15.4 Å².